The summed E-state index contributed by atoms with van der Waals surface area (Å²) in [6.45, 7) is 5.78. The van der Waals surface area contributed by atoms with Crippen LogP contribution < -0.4 is 0 Å². The molecule has 0 aliphatic heterocycles. The molecule has 12 heavy (non-hydrogen) atoms. The Morgan fingerprint density at radius 1 is 1.50 bits per heavy atom. The van der Waals surface area contributed by atoms with Crippen molar-refractivity contribution in [1.82, 2.24) is 0 Å². The van der Waals surface area contributed by atoms with Crippen LogP contribution in [0.5, 0.6) is 0 Å². The molecule has 1 rings (SSSR count). The van der Waals surface area contributed by atoms with Crippen LogP contribution in [-0.4, -0.2) is 0 Å². The minimum Gasteiger partial charge on any atom is -0.0991 e. The Morgan fingerprint density at radius 2 is 2.25 bits per heavy atom. The van der Waals surface area contributed by atoms with Gasteiger partial charge in [0.25, 0.3) is 0 Å². The van der Waals surface area contributed by atoms with E-state index in [0.29, 0.717) is 0 Å². The van der Waals surface area contributed by atoms with E-state index in [4.69, 9.17) is 0 Å². The second kappa shape index (κ2) is 4.97. The van der Waals surface area contributed by atoms with Gasteiger partial charge in [-0.3, -0.25) is 0 Å². The molecule has 66 valence electrons. The van der Waals surface area contributed by atoms with Gasteiger partial charge >= 0.3 is 0 Å². The minimum atomic E-state index is 0.964. The van der Waals surface area contributed by atoms with Crippen LogP contribution in [0.3, 0.4) is 0 Å². The van der Waals surface area contributed by atoms with Gasteiger partial charge in [-0.15, -0.1) is 0 Å². The topological polar surface area (TPSA) is 0 Å². The van der Waals surface area contributed by atoms with Gasteiger partial charge < -0.3 is 0 Å². The Hall–Kier alpha value is -0.780. The highest BCUT2D eigenvalue weighted by atomic mass is 14.2. The van der Waals surface area contributed by atoms with Crippen molar-refractivity contribution in [3.05, 3.63) is 36.5 Å². The van der Waals surface area contributed by atoms with Crippen LogP contribution in [0.15, 0.2) is 36.5 Å². The maximum Gasteiger partial charge on any atom is -0.0254 e. The number of hydrogen-bond acceptors (Lipinski definition) is 0. The van der Waals surface area contributed by atoms with Gasteiger partial charge in [0.2, 0.25) is 0 Å². The molecule has 0 aromatic rings. The number of rotatable bonds is 4. The Bertz CT molecular complexity index is 192. The Labute approximate surface area is 75.7 Å². The Balaban J connectivity index is 2.34. The fourth-order valence-corrected chi connectivity index (χ4v) is 1.50. The van der Waals surface area contributed by atoms with Crippen molar-refractivity contribution in [2.45, 2.75) is 32.6 Å². The largest absolute Gasteiger partial charge is 0.0991 e. The molecule has 0 amide bonds. The molecular weight excluding hydrogens is 144 g/mol. The van der Waals surface area contributed by atoms with Crippen molar-refractivity contribution in [1.29, 1.82) is 0 Å². The first-order valence-electron chi connectivity index (χ1n) is 4.81. The molecule has 0 aromatic carbocycles. The van der Waals surface area contributed by atoms with Crippen molar-refractivity contribution in [2.24, 2.45) is 5.92 Å². The fourth-order valence-electron chi connectivity index (χ4n) is 1.50. The van der Waals surface area contributed by atoms with E-state index in [0.717, 1.165) is 5.92 Å². The zero-order chi connectivity index (χ0) is 8.81. The van der Waals surface area contributed by atoms with Crippen molar-refractivity contribution >= 4 is 0 Å². The maximum absolute atomic E-state index is 3.67. The predicted octanol–water partition coefficient (Wildman–Crippen LogP) is 3.87. The summed E-state index contributed by atoms with van der Waals surface area (Å²) in [5.41, 5.74) is 1.46. The molecule has 1 aliphatic rings. The first-order chi connectivity index (χ1) is 5.86. The van der Waals surface area contributed by atoms with E-state index in [9.17, 15) is 0 Å². The van der Waals surface area contributed by atoms with Crippen LogP contribution in [0.4, 0.5) is 0 Å². The van der Waals surface area contributed by atoms with E-state index >= 15 is 0 Å². The fraction of sp³-hybridized carbons (Fsp3) is 0.500. The van der Waals surface area contributed by atoms with E-state index in [2.05, 4.69) is 25.7 Å². The number of allylic oxidation sites excluding steroid dienone is 5. The molecular formula is C12H18. The van der Waals surface area contributed by atoms with E-state index in [1.807, 2.05) is 12.2 Å². The predicted molar refractivity (Wildman–Crippen MR) is 55.1 cm³/mol. The Morgan fingerprint density at radius 3 is 2.67 bits per heavy atom. The van der Waals surface area contributed by atoms with Crippen LogP contribution in [-0.2, 0) is 0 Å². The highest BCUT2D eigenvalue weighted by molar-refractivity contribution is 5.21. The highest BCUT2D eigenvalue weighted by Crippen LogP contribution is 2.32. The monoisotopic (exact) mass is 162 g/mol. The van der Waals surface area contributed by atoms with Crippen molar-refractivity contribution in [3.63, 3.8) is 0 Å². The second-order valence-corrected chi connectivity index (χ2v) is 3.46. The van der Waals surface area contributed by atoms with Gasteiger partial charge in [-0.1, -0.05) is 55.7 Å². The van der Waals surface area contributed by atoms with Crippen LogP contribution in [0, 0.1) is 5.92 Å². The SMILES string of the molecule is C=C/C=C\C(=C/C)CC1CCC1. The van der Waals surface area contributed by atoms with Crippen molar-refractivity contribution < 1.29 is 0 Å². The van der Waals surface area contributed by atoms with E-state index in [-0.39, 0.29) is 0 Å². The zero-order valence-corrected chi connectivity index (χ0v) is 7.92. The molecule has 0 bridgehead atoms. The first kappa shape index (κ1) is 9.31. The molecule has 0 nitrogen and oxygen atoms in total. The minimum absolute atomic E-state index is 0.964. The van der Waals surface area contributed by atoms with E-state index in [1.165, 1.54) is 31.3 Å². The van der Waals surface area contributed by atoms with Gasteiger partial charge in [-0.25, -0.2) is 0 Å². The molecule has 0 atom stereocenters. The lowest BCUT2D eigenvalue weighted by atomic mass is 9.81. The summed E-state index contributed by atoms with van der Waals surface area (Å²) in [5.74, 6) is 0.964. The quantitative estimate of drug-likeness (QED) is 0.550. The van der Waals surface area contributed by atoms with Gasteiger partial charge in [-0.2, -0.15) is 0 Å². The molecule has 0 N–H and O–H groups in total. The highest BCUT2D eigenvalue weighted by Gasteiger charge is 2.17. The molecule has 0 heteroatoms. The molecule has 0 aromatic heterocycles. The van der Waals surface area contributed by atoms with Crippen molar-refractivity contribution in [3.8, 4) is 0 Å². The third kappa shape index (κ3) is 2.69. The smallest absolute Gasteiger partial charge is 0.0254 e. The van der Waals surface area contributed by atoms with Gasteiger partial charge in [0.1, 0.15) is 0 Å². The van der Waals surface area contributed by atoms with E-state index < -0.39 is 0 Å². The normalized spacial score (nSPS) is 19.6. The van der Waals surface area contributed by atoms with Gasteiger partial charge in [-0.05, 0) is 19.3 Å². The second-order valence-electron chi connectivity index (χ2n) is 3.46. The van der Waals surface area contributed by atoms with Crippen molar-refractivity contribution in [2.75, 3.05) is 0 Å². The van der Waals surface area contributed by atoms with E-state index in [1.54, 1.807) is 0 Å². The summed E-state index contributed by atoms with van der Waals surface area (Å²) in [5, 5.41) is 0. The molecule has 1 saturated carbocycles. The van der Waals surface area contributed by atoms with Crippen LogP contribution in [0.25, 0.3) is 0 Å². The number of hydrogen-bond donors (Lipinski definition) is 0. The standard InChI is InChI=1S/C12H18/c1-3-5-7-11(4-2)10-12-8-6-9-12/h3-5,7,12H,1,6,8-10H2,2H3/b7-5-,11-4+. The average Bonchev–Trinajstić information content (AvgIpc) is 2.02. The molecule has 0 spiro atoms. The summed E-state index contributed by atoms with van der Waals surface area (Å²) in [6, 6.07) is 0. The first-order valence-corrected chi connectivity index (χ1v) is 4.81. The average molecular weight is 162 g/mol. The van der Waals surface area contributed by atoms with Gasteiger partial charge in [0.05, 0.1) is 0 Å². The van der Waals surface area contributed by atoms with Gasteiger partial charge in [0.15, 0.2) is 0 Å². The molecule has 0 radical (unpaired) electrons. The molecule has 0 heterocycles. The lowest BCUT2D eigenvalue weighted by Crippen LogP contribution is -2.10. The van der Waals surface area contributed by atoms with Gasteiger partial charge in [0, 0.05) is 0 Å². The Kier molecular flexibility index (Phi) is 3.86. The summed E-state index contributed by atoms with van der Waals surface area (Å²) < 4.78 is 0. The zero-order valence-electron chi connectivity index (χ0n) is 7.92. The third-order valence-electron chi connectivity index (χ3n) is 2.57. The van der Waals surface area contributed by atoms with Crippen LogP contribution in [0.2, 0.25) is 0 Å². The molecule has 0 saturated heterocycles. The summed E-state index contributed by atoms with van der Waals surface area (Å²) in [6.07, 6.45) is 13.8. The van der Waals surface area contributed by atoms with Crippen LogP contribution in [0.1, 0.15) is 32.6 Å². The summed E-state index contributed by atoms with van der Waals surface area (Å²) in [4.78, 5) is 0. The maximum atomic E-state index is 3.67. The summed E-state index contributed by atoms with van der Waals surface area (Å²) >= 11 is 0. The molecule has 0 unspecified atom stereocenters. The lowest BCUT2D eigenvalue weighted by Gasteiger charge is -2.25. The molecule has 1 fully saturated rings. The third-order valence-corrected chi connectivity index (χ3v) is 2.57. The van der Waals surface area contributed by atoms with Crippen LogP contribution >= 0.6 is 0 Å². The lowest BCUT2D eigenvalue weighted by molar-refractivity contribution is 0.315. The summed E-state index contributed by atoms with van der Waals surface area (Å²) in [7, 11) is 0. The molecule has 1 aliphatic carbocycles.